The summed E-state index contributed by atoms with van der Waals surface area (Å²) in [6, 6.07) is 4.63. The molecule has 1 heterocycles. The summed E-state index contributed by atoms with van der Waals surface area (Å²) >= 11 is 0. The van der Waals surface area contributed by atoms with Gasteiger partial charge in [0.2, 0.25) is 0 Å². The Labute approximate surface area is 123 Å². The highest BCUT2D eigenvalue weighted by Gasteiger charge is 2.18. The van der Waals surface area contributed by atoms with E-state index < -0.39 is 5.97 Å². The zero-order valence-corrected chi connectivity index (χ0v) is 12.1. The first-order valence-electron chi connectivity index (χ1n) is 6.99. The summed E-state index contributed by atoms with van der Waals surface area (Å²) in [5.41, 5.74) is 6.37. The summed E-state index contributed by atoms with van der Waals surface area (Å²) in [6.07, 6.45) is 3.16. The minimum absolute atomic E-state index is 0.154. The molecule has 0 bridgehead atoms. The number of hydrogen-bond acceptors (Lipinski definition) is 5. The van der Waals surface area contributed by atoms with Gasteiger partial charge in [-0.25, -0.2) is 4.79 Å². The van der Waals surface area contributed by atoms with E-state index in [0.717, 1.165) is 32.4 Å². The summed E-state index contributed by atoms with van der Waals surface area (Å²) in [4.78, 5) is 25.6. The van der Waals surface area contributed by atoms with Gasteiger partial charge in [-0.1, -0.05) is 0 Å². The lowest BCUT2D eigenvalue weighted by Gasteiger charge is -2.26. The van der Waals surface area contributed by atoms with Gasteiger partial charge in [0, 0.05) is 24.8 Å². The van der Waals surface area contributed by atoms with Crippen LogP contribution in [0.2, 0.25) is 0 Å². The first-order chi connectivity index (χ1) is 10.1. The minimum Gasteiger partial charge on any atom is -0.497 e. The lowest BCUT2D eigenvalue weighted by atomic mass is 10.1. The van der Waals surface area contributed by atoms with E-state index in [4.69, 9.17) is 15.2 Å². The topological polar surface area (TPSA) is 81.9 Å². The van der Waals surface area contributed by atoms with Crippen molar-refractivity contribution in [3.8, 4) is 5.75 Å². The Bertz CT molecular complexity index is 524. The van der Waals surface area contributed by atoms with Crippen LogP contribution < -0.4 is 10.5 Å². The van der Waals surface area contributed by atoms with E-state index in [0.29, 0.717) is 11.4 Å². The molecule has 1 aliphatic heterocycles. The van der Waals surface area contributed by atoms with Crippen molar-refractivity contribution in [2.45, 2.75) is 19.3 Å². The van der Waals surface area contributed by atoms with E-state index in [-0.39, 0.29) is 18.1 Å². The van der Waals surface area contributed by atoms with Crippen LogP contribution in [0.1, 0.15) is 29.6 Å². The van der Waals surface area contributed by atoms with E-state index >= 15 is 0 Å². The number of ether oxygens (including phenoxy) is 2. The fourth-order valence-electron chi connectivity index (χ4n) is 2.30. The van der Waals surface area contributed by atoms with Gasteiger partial charge in [0.1, 0.15) is 5.75 Å². The van der Waals surface area contributed by atoms with Crippen molar-refractivity contribution in [1.82, 2.24) is 4.90 Å². The number of anilines is 1. The number of nitrogens with zero attached hydrogens (tertiary/aromatic N) is 1. The number of nitrogens with two attached hydrogens (primary N) is 1. The molecule has 6 nitrogen and oxygen atoms in total. The minimum atomic E-state index is -0.578. The van der Waals surface area contributed by atoms with Gasteiger partial charge in [0.05, 0.1) is 12.7 Å². The highest BCUT2D eigenvalue weighted by atomic mass is 16.5. The van der Waals surface area contributed by atoms with Gasteiger partial charge in [-0.2, -0.15) is 0 Å². The average molecular weight is 292 g/mol. The Hall–Kier alpha value is -2.24. The number of carbonyl (C=O) groups excluding carboxylic acids is 2. The summed E-state index contributed by atoms with van der Waals surface area (Å²) in [6.45, 7) is 1.24. The van der Waals surface area contributed by atoms with Crippen molar-refractivity contribution in [1.29, 1.82) is 0 Å². The second-order valence-corrected chi connectivity index (χ2v) is 5.01. The number of amides is 1. The first-order valence-corrected chi connectivity index (χ1v) is 6.99. The summed E-state index contributed by atoms with van der Waals surface area (Å²) in [5.74, 6) is -0.255. The third-order valence-corrected chi connectivity index (χ3v) is 3.44. The lowest BCUT2D eigenvalue weighted by Crippen LogP contribution is -2.38. The molecule has 1 aromatic carbocycles. The van der Waals surface area contributed by atoms with Crippen LogP contribution in [0.5, 0.6) is 5.75 Å². The molecular weight excluding hydrogens is 272 g/mol. The maximum Gasteiger partial charge on any atom is 0.338 e. The predicted molar refractivity (Wildman–Crippen MR) is 78.1 cm³/mol. The normalized spacial score (nSPS) is 14.6. The predicted octanol–water partition coefficient (Wildman–Crippen LogP) is 1.45. The molecule has 2 N–H and O–H groups in total. The highest BCUT2D eigenvalue weighted by Crippen LogP contribution is 2.19. The quantitative estimate of drug-likeness (QED) is 0.671. The number of hydrogen-bond donors (Lipinski definition) is 1. The largest absolute Gasteiger partial charge is 0.497 e. The maximum absolute atomic E-state index is 11.9. The summed E-state index contributed by atoms with van der Waals surface area (Å²) < 4.78 is 10.1. The standard InChI is InChI=1S/C15H20N2O4/c1-20-13-8-11(7-12(16)9-13)15(19)21-10-14(18)17-5-3-2-4-6-17/h7-9H,2-6,10,16H2,1H3. The first kappa shape index (κ1) is 15.2. The van der Waals surface area contributed by atoms with Gasteiger partial charge in [-0.3, -0.25) is 4.79 Å². The number of methoxy groups -OCH3 is 1. The Morgan fingerprint density at radius 1 is 1.19 bits per heavy atom. The van der Waals surface area contributed by atoms with E-state index in [1.165, 1.54) is 19.2 Å². The van der Waals surface area contributed by atoms with E-state index in [1.807, 2.05) is 0 Å². The smallest absolute Gasteiger partial charge is 0.338 e. The van der Waals surface area contributed by atoms with Gasteiger partial charge in [-0.05, 0) is 31.4 Å². The molecule has 0 radical (unpaired) electrons. The molecule has 114 valence electrons. The van der Waals surface area contributed by atoms with Gasteiger partial charge in [-0.15, -0.1) is 0 Å². The molecule has 2 rings (SSSR count). The third kappa shape index (κ3) is 4.11. The number of rotatable bonds is 4. The summed E-state index contributed by atoms with van der Waals surface area (Å²) in [5, 5.41) is 0. The van der Waals surface area contributed by atoms with Crippen LogP contribution in [0.25, 0.3) is 0 Å². The molecule has 21 heavy (non-hydrogen) atoms. The Morgan fingerprint density at radius 3 is 2.57 bits per heavy atom. The van der Waals surface area contributed by atoms with Crippen LogP contribution in [-0.2, 0) is 9.53 Å². The summed E-state index contributed by atoms with van der Waals surface area (Å²) in [7, 11) is 1.49. The molecule has 0 aromatic heterocycles. The second-order valence-electron chi connectivity index (χ2n) is 5.01. The van der Waals surface area contributed by atoms with Crippen molar-refractivity contribution < 1.29 is 19.1 Å². The fourth-order valence-corrected chi connectivity index (χ4v) is 2.30. The number of esters is 1. The molecule has 1 fully saturated rings. The average Bonchev–Trinajstić information content (AvgIpc) is 2.52. The number of carbonyl (C=O) groups is 2. The van der Waals surface area contributed by atoms with Crippen molar-refractivity contribution in [3.63, 3.8) is 0 Å². The maximum atomic E-state index is 11.9. The monoisotopic (exact) mass is 292 g/mol. The molecule has 0 saturated carbocycles. The third-order valence-electron chi connectivity index (χ3n) is 3.44. The second kappa shape index (κ2) is 6.97. The van der Waals surface area contributed by atoms with Crippen LogP contribution >= 0.6 is 0 Å². The molecule has 0 aliphatic carbocycles. The number of benzene rings is 1. The molecule has 1 aliphatic rings. The van der Waals surface area contributed by atoms with Gasteiger partial charge < -0.3 is 20.1 Å². The van der Waals surface area contributed by atoms with Gasteiger partial charge in [0.15, 0.2) is 6.61 Å². The van der Waals surface area contributed by atoms with E-state index in [9.17, 15) is 9.59 Å². The van der Waals surface area contributed by atoms with Crippen molar-refractivity contribution in [3.05, 3.63) is 23.8 Å². The zero-order valence-electron chi connectivity index (χ0n) is 12.1. The molecule has 0 spiro atoms. The molecule has 1 aromatic rings. The fraction of sp³-hybridized carbons (Fsp3) is 0.467. The van der Waals surface area contributed by atoms with Crippen molar-refractivity contribution in [2.24, 2.45) is 0 Å². The molecule has 1 saturated heterocycles. The molecule has 6 heteroatoms. The SMILES string of the molecule is COc1cc(N)cc(C(=O)OCC(=O)N2CCCCC2)c1. The number of likely N-dealkylation sites (tertiary alicyclic amines) is 1. The molecular formula is C15H20N2O4. The van der Waals surface area contributed by atoms with Crippen LogP contribution in [-0.4, -0.2) is 43.6 Å². The Balaban J connectivity index is 1.92. The molecule has 0 unspecified atom stereocenters. The number of piperidine rings is 1. The molecule has 0 atom stereocenters. The van der Waals surface area contributed by atoms with Crippen LogP contribution in [0.3, 0.4) is 0 Å². The molecule has 1 amide bonds. The van der Waals surface area contributed by atoms with Gasteiger partial charge >= 0.3 is 5.97 Å². The zero-order chi connectivity index (χ0) is 15.2. The Morgan fingerprint density at radius 2 is 1.90 bits per heavy atom. The van der Waals surface area contributed by atoms with Crippen LogP contribution in [0.15, 0.2) is 18.2 Å². The lowest BCUT2D eigenvalue weighted by molar-refractivity contribution is -0.135. The van der Waals surface area contributed by atoms with E-state index in [2.05, 4.69) is 0 Å². The number of nitrogen functional groups attached to an aromatic ring is 1. The van der Waals surface area contributed by atoms with Gasteiger partial charge in [0.25, 0.3) is 5.91 Å². The highest BCUT2D eigenvalue weighted by molar-refractivity contribution is 5.92. The van der Waals surface area contributed by atoms with Crippen LogP contribution in [0, 0.1) is 0 Å². The van der Waals surface area contributed by atoms with Crippen molar-refractivity contribution >= 4 is 17.6 Å². The van der Waals surface area contributed by atoms with Crippen molar-refractivity contribution in [2.75, 3.05) is 32.5 Å². The van der Waals surface area contributed by atoms with Crippen LogP contribution in [0.4, 0.5) is 5.69 Å². The Kier molecular flexibility index (Phi) is 5.03. The van der Waals surface area contributed by atoms with E-state index in [1.54, 1.807) is 11.0 Å².